The Morgan fingerprint density at radius 2 is 1.68 bits per heavy atom. The van der Waals surface area contributed by atoms with Crippen molar-refractivity contribution < 1.29 is 9.32 Å². The Balaban J connectivity index is 1.27. The fourth-order valence-corrected chi connectivity index (χ4v) is 4.81. The number of rotatable bonds is 6. The van der Waals surface area contributed by atoms with Gasteiger partial charge in [0, 0.05) is 23.9 Å². The first-order chi connectivity index (χ1) is 16.6. The van der Waals surface area contributed by atoms with Gasteiger partial charge >= 0.3 is 0 Å². The van der Waals surface area contributed by atoms with Crippen molar-refractivity contribution in [2.75, 3.05) is 18.4 Å². The molecule has 5 rings (SSSR count). The quantitative estimate of drug-likeness (QED) is 0.427. The number of carbonyl (C=O) groups is 1. The van der Waals surface area contributed by atoms with Gasteiger partial charge in [-0.15, -0.1) is 0 Å². The van der Waals surface area contributed by atoms with Crippen molar-refractivity contribution >= 4 is 22.6 Å². The Kier molecular flexibility index (Phi) is 6.32. The highest BCUT2D eigenvalue weighted by Gasteiger charge is 2.28. The van der Waals surface area contributed by atoms with Gasteiger partial charge in [-0.25, -0.2) is 0 Å². The highest BCUT2D eigenvalue weighted by Crippen LogP contribution is 2.30. The van der Waals surface area contributed by atoms with Gasteiger partial charge in [0.15, 0.2) is 5.58 Å². The van der Waals surface area contributed by atoms with E-state index in [-0.39, 0.29) is 17.5 Å². The summed E-state index contributed by atoms with van der Waals surface area (Å²) in [6.07, 6.45) is 2.05. The Morgan fingerprint density at radius 3 is 2.38 bits per heavy atom. The Labute approximate surface area is 198 Å². The van der Waals surface area contributed by atoms with Crippen molar-refractivity contribution in [2.45, 2.75) is 32.4 Å². The van der Waals surface area contributed by atoms with E-state index in [0.717, 1.165) is 32.5 Å². The summed E-state index contributed by atoms with van der Waals surface area (Å²) < 4.78 is 7.52. The molecule has 1 amide bonds. The highest BCUT2D eigenvalue weighted by molar-refractivity contribution is 6.04. The second-order valence-corrected chi connectivity index (χ2v) is 9.09. The molecule has 1 N–H and O–H groups in total. The van der Waals surface area contributed by atoms with Gasteiger partial charge in [-0.1, -0.05) is 48.5 Å². The van der Waals surface area contributed by atoms with Crippen LogP contribution in [-0.2, 0) is 6.54 Å². The van der Waals surface area contributed by atoms with Gasteiger partial charge < -0.3 is 9.84 Å². The number of fused-ring (bicyclic) bond motifs is 1. The number of aromatic nitrogens is 1. The van der Waals surface area contributed by atoms with Gasteiger partial charge in [0.1, 0.15) is 0 Å². The third-order valence-corrected chi connectivity index (χ3v) is 6.84. The molecule has 1 atom stereocenters. The van der Waals surface area contributed by atoms with Gasteiger partial charge in [0.25, 0.3) is 11.5 Å². The maximum absolute atomic E-state index is 13.0. The van der Waals surface area contributed by atoms with Gasteiger partial charge in [-0.3, -0.25) is 14.5 Å². The van der Waals surface area contributed by atoms with E-state index in [0.29, 0.717) is 28.1 Å². The average Bonchev–Trinajstić information content (AvgIpc) is 3.21. The number of hydrogen-bond donors (Lipinski definition) is 1. The van der Waals surface area contributed by atoms with Crippen molar-refractivity contribution in [2.24, 2.45) is 5.92 Å². The van der Waals surface area contributed by atoms with Crippen LogP contribution in [0.2, 0.25) is 0 Å². The molecule has 1 saturated heterocycles. The van der Waals surface area contributed by atoms with E-state index in [1.807, 2.05) is 24.3 Å². The number of carbonyl (C=O) groups excluding carboxylic acids is 1. The van der Waals surface area contributed by atoms with E-state index in [4.69, 9.17) is 4.52 Å². The molecule has 174 valence electrons. The molecule has 1 aliphatic rings. The number of likely N-dealkylation sites (tertiary alicyclic amines) is 1. The van der Waals surface area contributed by atoms with Crippen LogP contribution in [0.25, 0.3) is 11.0 Å². The van der Waals surface area contributed by atoms with Crippen LogP contribution < -0.4 is 10.9 Å². The van der Waals surface area contributed by atoms with E-state index in [2.05, 4.69) is 41.4 Å². The summed E-state index contributed by atoms with van der Waals surface area (Å²) in [6.45, 7) is 5.05. The smallest absolute Gasteiger partial charge is 0.290 e. The average molecular weight is 456 g/mol. The van der Waals surface area contributed by atoms with Crippen LogP contribution in [0.15, 0.2) is 88.2 Å². The largest absolute Gasteiger partial charge is 0.375 e. The lowest BCUT2D eigenvalue weighted by atomic mass is 9.90. The molecular weight excluding hydrogens is 426 g/mol. The number of anilines is 1. The number of hydrogen-bond acceptors (Lipinski definition) is 4. The van der Waals surface area contributed by atoms with Crippen molar-refractivity contribution in [3.8, 4) is 0 Å². The number of nitrogens with zero attached hydrogens (tertiary/aromatic N) is 2. The summed E-state index contributed by atoms with van der Waals surface area (Å²) >= 11 is 0. The molecule has 34 heavy (non-hydrogen) atoms. The van der Waals surface area contributed by atoms with Crippen molar-refractivity contribution in [1.29, 1.82) is 0 Å². The van der Waals surface area contributed by atoms with Crippen molar-refractivity contribution in [1.82, 2.24) is 9.64 Å². The molecule has 0 spiro atoms. The van der Waals surface area contributed by atoms with Gasteiger partial charge in [-0.05, 0) is 68.6 Å². The molecule has 2 heterocycles. The van der Waals surface area contributed by atoms with E-state index < -0.39 is 0 Å². The molecule has 1 aliphatic heterocycles. The summed E-state index contributed by atoms with van der Waals surface area (Å²) in [6, 6.07) is 24.8. The Morgan fingerprint density at radius 1 is 1.00 bits per heavy atom. The second kappa shape index (κ2) is 9.69. The molecule has 0 aliphatic carbocycles. The van der Waals surface area contributed by atoms with E-state index in [1.165, 1.54) is 10.3 Å². The standard InChI is InChI=1S/C28H29N3O3/c1-20(22-14-16-30(17-15-22)19-21-8-4-2-5-9-21)31-28(33)25-13-12-24(18-26(25)34-31)29-27(32)23-10-6-3-7-11-23/h2-13,18,20,22H,14-17,19H2,1H3,(H,29,32). The molecule has 6 heteroatoms. The number of benzene rings is 3. The minimum atomic E-state index is -0.197. The Bertz CT molecular complexity index is 1320. The van der Waals surface area contributed by atoms with Gasteiger partial charge in [0.05, 0.1) is 11.4 Å². The minimum Gasteiger partial charge on any atom is -0.375 e. The third-order valence-electron chi connectivity index (χ3n) is 6.84. The molecule has 1 aromatic heterocycles. The van der Waals surface area contributed by atoms with E-state index >= 15 is 0 Å². The molecule has 0 radical (unpaired) electrons. The van der Waals surface area contributed by atoms with Gasteiger partial charge in [-0.2, -0.15) is 4.74 Å². The zero-order valence-corrected chi connectivity index (χ0v) is 19.3. The van der Waals surface area contributed by atoms with Crippen LogP contribution in [0.1, 0.15) is 41.7 Å². The maximum atomic E-state index is 13.0. The first-order valence-electron chi connectivity index (χ1n) is 11.9. The first-order valence-corrected chi connectivity index (χ1v) is 11.9. The number of amides is 1. The molecule has 0 bridgehead atoms. The SMILES string of the molecule is CC(C1CCN(Cc2ccccc2)CC1)n1oc2cc(NC(=O)c3ccccc3)ccc2c1=O. The fourth-order valence-electron chi connectivity index (χ4n) is 4.81. The zero-order chi connectivity index (χ0) is 23.5. The molecule has 6 nitrogen and oxygen atoms in total. The van der Waals surface area contributed by atoms with Crippen molar-refractivity contribution in [3.05, 3.63) is 100 Å². The lowest BCUT2D eigenvalue weighted by Gasteiger charge is -2.34. The van der Waals surface area contributed by atoms with Crippen LogP contribution in [0.5, 0.6) is 0 Å². The maximum Gasteiger partial charge on any atom is 0.290 e. The van der Waals surface area contributed by atoms with Crippen LogP contribution in [-0.4, -0.2) is 28.6 Å². The van der Waals surface area contributed by atoms with Crippen LogP contribution >= 0.6 is 0 Å². The first kappa shape index (κ1) is 22.2. The molecule has 3 aromatic carbocycles. The third kappa shape index (κ3) is 4.68. The summed E-state index contributed by atoms with van der Waals surface area (Å²) in [5.41, 5.74) is 2.88. The van der Waals surface area contributed by atoms with Crippen LogP contribution in [0, 0.1) is 5.92 Å². The van der Waals surface area contributed by atoms with E-state index in [1.54, 1.807) is 30.3 Å². The second-order valence-electron chi connectivity index (χ2n) is 9.09. The van der Waals surface area contributed by atoms with Crippen LogP contribution in [0.4, 0.5) is 5.69 Å². The predicted octanol–water partition coefficient (Wildman–Crippen LogP) is 5.32. The van der Waals surface area contributed by atoms with E-state index in [9.17, 15) is 9.59 Å². The molecule has 4 aromatic rings. The summed E-state index contributed by atoms with van der Waals surface area (Å²) in [5.74, 6) is 0.180. The molecular formula is C28H29N3O3. The molecule has 1 unspecified atom stereocenters. The predicted molar refractivity (Wildman–Crippen MR) is 134 cm³/mol. The lowest BCUT2D eigenvalue weighted by Crippen LogP contribution is -2.37. The summed E-state index contributed by atoms with van der Waals surface area (Å²) in [7, 11) is 0. The monoisotopic (exact) mass is 455 g/mol. The number of nitrogens with one attached hydrogen (secondary N) is 1. The van der Waals surface area contributed by atoms with Gasteiger partial charge in [0.2, 0.25) is 0 Å². The lowest BCUT2D eigenvalue weighted by molar-refractivity contribution is 0.102. The minimum absolute atomic E-state index is 0.0267. The Hall–Kier alpha value is -3.64. The fraction of sp³-hybridized carbons (Fsp3) is 0.286. The highest BCUT2D eigenvalue weighted by atomic mass is 16.5. The van der Waals surface area contributed by atoms with Crippen molar-refractivity contribution in [3.63, 3.8) is 0 Å². The van der Waals surface area contributed by atoms with Crippen LogP contribution in [0.3, 0.4) is 0 Å². The number of piperidine rings is 1. The zero-order valence-electron chi connectivity index (χ0n) is 19.3. The normalized spacial score (nSPS) is 15.9. The topological polar surface area (TPSA) is 67.5 Å². The summed E-state index contributed by atoms with van der Waals surface area (Å²) in [5, 5.41) is 3.41. The molecule has 1 fully saturated rings. The summed E-state index contributed by atoms with van der Waals surface area (Å²) in [4.78, 5) is 28.0. The molecule has 0 saturated carbocycles.